The summed E-state index contributed by atoms with van der Waals surface area (Å²) >= 11 is 0. The molecule has 27 heavy (non-hydrogen) atoms. The molecule has 1 aliphatic heterocycles. The monoisotopic (exact) mass is 368 g/mol. The van der Waals surface area contributed by atoms with E-state index < -0.39 is 0 Å². The summed E-state index contributed by atoms with van der Waals surface area (Å²) in [5.74, 6) is 2.88. The summed E-state index contributed by atoms with van der Waals surface area (Å²) in [5, 5.41) is 15.3. The van der Waals surface area contributed by atoms with Gasteiger partial charge >= 0.3 is 0 Å². The lowest BCUT2D eigenvalue weighted by Gasteiger charge is -2.19. The highest BCUT2D eigenvalue weighted by atomic mass is 15.3. The van der Waals surface area contributed by atoms with Crippen molar-refractivity contribution in [3.05, 3.63) is 47.0 Å². The second-order valence-electron chi connectivity index (χ2n) is 8.11. The van der Waals surface area contributed by atoms with Crippen molar-refractivity contribution in [1.29, 1.82) is 0 Å². The van der Waals surface area contributed by atoms with E-state index in [0.717, 1.165) is 56.5 Å². The summed E-state index contributed by atoms with van der Waals surface area (Å²) < 4.78 is 2.20. The molecule has 0 unspecified atom stereocenters. The fraction of sp³-hybridized carbons (Fsp3) is 0.571. The molecule has 1 aliphatic rings. The Hall–Kier alpha value is -2.37. The molecule has 0 fully saturated rings. The number of nitrogens with one attached hydrogen (secondary N) is 2. The van der Waals surface area contributed by atoms with Gasteiger partial charge in [-0.25, -0.2) is 4.99 Å². The summed E-state index contributed by atoms with van der Waals surface area (Å²) in [5.41, 5.74) is 2.90. The number of hydrogen-bond acceptors (Lipinski definition) is 3. The van der Waals surface area contributed by atoms with Gasteiger partial charge in [-0.3, -0.25) is 0 Å². The SMILES string of the molecule is CCNC(=NCc1nnc2n1CCC2)NCCc1ccc(C(C)(C)C)cc1. The zero-order valence-electron chi connectivity index (χ0n) is 17.0. The molecule has 146 valence electrons. The molecule has 0 radical (unpaired) electrons. The standard InChI is InChI=1S/C21H32N6/c1-5-22-20(24-15-19-26-25-18-7-6-14-27(18)19)23-13-12-16-8-10-17(11-9-16)21(2,3)4/h8-11H,5-7,12-15H2,1-4H3,(H2,22,23,24). The predicted octanol–water partition coefficient (Wildman–Crippen LogP) is 2.82. The van der Waals surface area contributed by atoms with E-state index in [0.29, 0.717) is 6.54 Å². The number of nitrogens with zero attached hydrogens (tertiary/aromatic N) is 4. The lowest BCUT2D eigenvalue weighted by atomic mass is 9.86. The molecule has 2 N–H and O–H groups in total. The van der Waals surface area contributed by atoms with Crippen molar-refractivity contribution in [1.82, 2.24) is 25.4 Å². The number of aryl methyl sites for hydroxylation is 1. The largest absolute Gasteiger partial charge is 0.357 e. The van der Waals surface area contributed by atoms with Crippen molar-refractivity contribution in [3.8, 4) is 0 Å². The van der Waals surface area contributed by atoms with Crippen LogP contribution < -0.4 is 10.6 Å². The fourth-order valence-electron chi connectivity index (χ4n) is 3.32. The van der Waals surface area contributed by atoms with E-state index in [4.69, 9.17) is 0 Å². The van der Waals surface area contributed by atoms with Gasteiger partial charge in [-0.2, -0.15) is 0 Å². The number of rotatable bonds is 6. The number of aromatic nitrogens is 3. The van der Waals surface area contributed by atoms with E-state index in [1.165, 1.54) is 11.1 Å². The zero-order valence-corrected chi connectivity index (χ0v) is 17.0. The molecule has 0 saturated heterocycles. The summed E-state index contributed by atoms with van der Waals surface area (Å²) in [6.07, 6.45) is 3.16. The Kier molecular flexibility index (Phi) is 6.14. The van der Waals surface area contributed by atoms with E-state index in [9.17, 15) is 0 Å². The van der Waals surface area contributed by atoms with Crippen LogP contribution in [0.1, 0.15) is 56.9 Å². The third-order valence-electron chi connectivity index (χ3n) is 4.94. The first-order valence-electron chi connectivity index (χ1n) is 10.00. The molecule has 0 amide bonds. The number of benzene rings is 1. The van der Waals surface area contributed by atoms with E-state index in [2.05, 4.69) is 82.4 Å². The predicted molar refractivity (Wildman–Crippen MR) is 110 cm³/mol. The average molecular weight is 369 g/mol. The molecule has 0 bridgehead atoms. The molecule has 2 aromatic rings. The summed E-state index contributed by atoms with van der Waals surface area (Å²) in [7, 11) is 0. The van der Waals surface area contributed by atoms with E-state index in [1.54, 1.807) is 0 Å². The average Bonchev–Trinajstić information content (AvgIpc) is 3.23. The third-order valence-corrected chi connectivity index (χ3v) is 4.94. The molecular weight excluding hydrogens is 336 g/mol. The summed E-state index contributed by atoms with van der Waals surface area (Å²) in [6, 6.07) is 8.93. The van der Waals surface area contributed by atoms with Crippen LogP contribution in [0.25, 0.3) is 0 Å². The first kappa shape index (κ1) is 19.4. The van der Waals surface area contributed by atoms with Crippen molar-refractivity contribution >= 4 is 5.96 Å². The Balaban J connectivity index is 1.53. The zero-order chi connectivity index (χ0) is 19.3. The number of aliphatic imine (C=N–C) groups is 1. The van der Waals surface area contributed by atoms with E-state index in [1.807, 2.05) is 0 Å². The molecule has 3 rings (SSSR count). The number of guanidine groups is 1. The molecule has 0 saturated carbocycles. The Morgan fingerprint density at radius 1 is 1.15 bits per heavy atom. The molecule has 6 nitrogen and oxygen atoms in total. The van der Waals surface area contributed by atoms with Crippen LogP contribution in [0.15, 0.2) is 29.3 Å². The Morgan fingerprint density at radius 3 is 2.63 bits per heavy atom. The molecular formula is C21H32N6. The van der Waals surface area contributed by atoms with Crippen molar-refractivity contribution < 1.29 is 0 Å². The highest BCUT2D eigenvalue weighted by molar-refractivity contribution is 5.79. The summed E-state index contributed by atoms with van der Waals surface area (Å²) in [6.45, 7) is 12.1. The normalized spacial score (nSPS) is 14.3. The lowest BCUT2D eigenvalue weighted by molar-refractivity contribution is 0.590. The van der Waals surface area contributed by atoms with Gasteiger partial charge in [0.1, 0.15) is 12.4 Å². The van der Waals surface area contributed by atoms with Gasteiger partial charge in [-0.05, 0) is 36.3 Å². The Morgan fingerprint density at radius 2 is 1.93 bits per heavy atom. The van der Waals surface area contributed by atoms with Crippen molar-refractivity contribution in [2.24, 2.45) is 4.99 Å². The second kappa shape index (κ2) is 8.55. The maximum Gasteiger partial charge on any atom is 0.191 e. The van der Waals surface area contributed by atoms with Crippen LogP contribution >= 0.6 is 0 Å². The topological polar surface area (TPSA) is 67.1 Å². The van der Waals surface area contributed by atoms with Gasteiger partial charge in [-0.1, -0.05) is 45.0 Å². The first-order valence-corrected chi connectivity index (χ1v) is 10.00. The van der Waals surface area contributed by atoms with Gasteiger partial charge in [0.05, 0.1) is 0 Å². The highest BCUT2D eigenvalue weighted by Gasteiger charge is 2.16. The molecule has 0 atom stereocenters. The van der Waals surface area contributed by atoms with Crippen LogP contribution in [-0.2, 0) is 31.3 Å². The van der Waals surface area contributed by atoms with Crippen molar-refractivity contribution in [3.63, 3.8) is 0 Å². The van der Waals surface area contributed by atoms with Crippen LogP contribution in [-0.4, -0.2) is 33.8 Å². The molecule has 2 heterocycles. The first-order chi connectivity index (χ1) is 13.0. The Bertz CT molecular complexity index is 767. The third kappa shape index (κ3) is 5.08. The van der Waals surface area contributed by atoms with E-state index >= 15 is 0 Å². The second-order valence-corrected chi connectivity index (χ2v) is 8.11. The number of fused-ring (bicyclic) bond motifs is 1. The molecule has 0 spiro atoms. The molecule has 0 aliphatic carbocycles. The molecule has 1 aromatic carbocycles. The van der Waals surface area contributed by atoms with Gasteiger partial charge in [0.2, 0.25) is 0 Å². The molecule has 1 aromatic heterocycles. The van der Waals surface area contributed by atoms with Gasteiger partial charge in [0.25, 0.3) is 0 Å². The van der Waals surface area contributed by atoms with Crippen LogP contribution in [0.4, 0.5) is 0 Å². The van der Waals surface area contributed by atoms with Gasteiger partial charge < -0.3 is 15.2 Å². The van der Waals surface area contributed by atoms with Gasteiger partial charge in [-0.15, -0.1) is 10.2 Å². The Labute approximate surface area is 162 Å². The number of hydrogen-bond donors (Lipinski definition) is 2. The smallest absolute Gasteiger partial charge is 0.191 e. The molecule has 6 heteroatoms. The van der Waals surface area contributed by atoms with Crippen LogP contribution in [0.2, 0.25) is 0 Å². The van der Waals surface area contributed by atoms with Gasteiger partial charge in [0, 0.05) is 26.1 Å². The van der Waals surface area contributed by atoms with Crippen LogP contribution in [0.3, 0.4) is 0 Å². The lowest BCUT2D eigenvalue weighted by Crippen LogP contribution is -2.38. The fourth-order valence-corrected chi connectivity index (χ4v) is 3.32. The maximum atomic E-state index is 4.68. The minimum absolute atomic E-state index is 0.198. The van der Waals surface area contributed by atoms with Crippen LogP contribution in [0, 0.1) is 0 Å². The van der Waals surface area contributed by atoms with Crippen molar-refractivity contribution in [2.45, 2.75) is 65.5 Å². The van der Waals surface area contributed by atoms with Crippen molar-refractivity contribution in [2.75, 3.05) is 13.1 Å². The van der Waals surface area contributed by atoms with Gasteiger partial charge in [0.15, 0.2) is 11.8 Å². The van der Waals surface area contributed by atoms with E-state index in [-0.39, 0.29) is 5.41 Å². The maximum absolute atomic E-state index is 4.68. The van der Waals surface area contributed by atoms with Crippen LogP contribution in [0.5, 0.6) is 0 Å². The summed E-state index contributed by atoms with van der Waals surface area (Å²) in [4.78, 5) is 4.68. The highest BCUT2D eigenvalue weighted by Crippen LogP contribution is 2.22. The quantitative estimate of drug-likeness (QED) is 0.608. The minimum Gasteiger partial charge on any atom is -0.357 e. The minimum atomic E-state index is 0.198.